The third-order valence-electron chi connectivity index (χ3n) is 7.04. The van der Waals surface area contributed by atoms with Crippen LogP contribution in [0.25, 0.3) is 0 Å². The van der Waals surface area contributed by atoms with E-state index in [0.717, 1.165) is 9.87 Å². The van der Waals surface area contributed by atoms with Gasteiger partial charge in [-0.25, -0.2) is 8.42 Å². The van der Waals surface area contributed by atoms with Gasteiger partial charge in [0.25, 0.3) is 10.0 Å². The first-order valence-electron chi connectivity index (χ1n) is 13.8. The first kappa shape index (κ1) is 34.5. The highest BCUT2D eigenvalue weighted by Gasteiger charge is 2.35. The number of aryl methyl sites for hydroxylation is 1. The van der Waals surface area contributed by atoms with E-state index in [4.69, 9.17) is 39.5 Å². The van der Waals surface area contributed by atoms with E-state index in [2.05, 4.69) is 5.32 Å². The highest BCUT2D eigenvalue weighted by molar-refractivity contribution is 7.92. The second-order valence-electron chi connectivity index (χ2n) is 10.1. The molecule has 0 aromatic heterocycles. The third kappa shape index (κ3) is 8.56. The van der Waals surface area contributed by atoms with Gasteiger partial charge in [0.15, 0.2) is 0 Å². The van der Waals surface area contributed by atoms with E-state index in [-0.39, 0.29) is 46.3 Å². The van der Waals surface area contributed by atoms with Crippen molar-refractivity contribution in [3.05, 3.63) is 86.9 Å². The highest BCUT2D eigenvalue weighted by Crippen LogP contribution is 2.35. The summed E-state index contributed by atoms with van der Waals surface area (Å²) in [6, 6.07) is 14.6. The molecular formula is C31H36Cl3N3O5S. The second-order valence-corrected chi connectivity index (χ2v) is 13.3. The van der Waals surface area contributed by atoms with E-state index in [1.54, 1.807) is 43.3 Å². The molecule has 0 bridgehead atoms. The number of nitrogens with one attached hydrogen (secondary N) is 1. The number of methoxy groups -OCH3 is 1. The van der Waals surface area contributed by atoms with Crippen LogP contribution in [0.15, 0.2) is 65.6 Å². The normalized spacial score (nSPS) is 12.7. The van der Waals surface area contributed by atoms with Gasteiger partial charge >= 0.3 is 0 Å². The number of hydrogen-bond acceptors (Lipinski definition) is 5. The summed E-state index contributed by atoms with van der Waals surface area (Å²) >= 11 is 18.9. The minimum Gasteiger partial charge on any atom is -0.495 e. The third-order valence-corrected chi connectivity index (χ3v) is 9.64. The first-order chi connectivity index (χ1) is 20.3. The number of carbonyl (C=O) groups is 2. The van der Waals surface area contributed by atoms with Crippen molar-refractivity contribution in [2.75, 3.05) is 18.0 Å². The number of anilines is 1. The van der Waals surface area contributed by atoms with Crippen molar-refractivity contribution in [3.63, 3.8) is 0 Å². The molecule has 0 aliphatic heterocycles. The fourth-order valence-electron chi connectivity index (χ4n) is 4.40. The Balaban J connectivity index is 2.15. The van der Waals surface area contributed by atoms with Gasteiger partial charge in [0.1, 0.15) is 18.3 Å². The van der Waals surface area contributed by atoms with Crippen molar-refractivity contribution < 1.29 is 22.7 Å². The second kappa shape index (κ2) is 15.1. The minimum atomic E-state index is -4.31. The average Bonchev–Trinajstić information content (AvgIpc) is 2.96. The zero-order valence-electron chi connectivity index (χ0n) is 24.7. The van der Waals surface area contributed by atoms with Crippen molar-refractivity contribution in [2.24, 2.45) is 0 Å². The maximum absolute atomic E-state index is 14.3. The molecule has 8 nitrogen and oxygen atoms in total. The van der Waals surface area contributed by atoms with E-state index < -0.39 is 28.5 Å². The van der Waals surface area contributed by atoms with Gasteiger partial charge in [0.2, 0.25) is 11.8 Å². The molecule has 3 aromatic rings. The van der Waals surface area contributed by atoms with Crippen LogP contribution < -0.4 is 14.4 Å². The van der Waals surface area contributed by atoms with E-state index in [1.165, 1.54) is 36.3 Å². The Kier molecular flexibility index (Phi) is 12.2. The number of ether oxygens (including phenoxy) is 1. The van der Waals surface area contributed by atoms with Crippen molar-refractivity contribution >= 4 is 62.3 Å². The van der Waals surface area contributed by atoms with Crippen LogP contribution >= 0.6 is 34.8 Å². The van der Waals surface area contributed by atoms with Gasteiger partial charge in [-0.3, -0.25) is 13.9 Å². The molecule has 3 rings (SSSR count). The van der Waals surface area contributed by atoms with Crippen molar-refractivity contribution in [2.45, 2.75) is 64.1 Å². The quantitative estimate of drug-likeness (QED) is 0.214. The maximum atomic E-state index is 14.3. The van der Waals surface area contributed by atoms with Crippen LogP contribution in [0.5, 0.6) is 5.75 Å². The molecule has 232 valence electrons. The molecule has 1 N–H and O–H groups in total. The Morgan fingerprint density at radius 2 is 1.56 bits per heavy atom. The van der Waals surface area contributed by atoms with Gasteiger partial charge in [-0.05, 0) is 74.7 Å². The van der Waals surface area contributed by atoms with Gasteiger partial charge < -0.3 is 15.0 Å². The molecule has 0 saturated carbocycles. The van der Waals surface area contributed by atoms with Crippen LogP contribution in [0.3, 0.4) is 0 Å². The van der Waals surface area contributed by atoms with E-state index >= 15 is 0 Å². The van der Waals surface area contributed by atoms with Crippen LogP contribution in [-0.2, 0) is 26.2 Å². The summed E-state index contributed by atoms with van der Waals surface area (Å²) in [6.07, 6.45) is 0.959. The molecule has 0 aliphatic carbocycles. The van der Waals surface area contributed by atoms with Crippen LogP contribution in [0, 0.1) is 6.92 Å². The maximum Gasteiger partial charge on any atom is 0.264 e. The van der Waals surface area contributed by atoms with Crippen molar-refractivity contribution in [1.82, 2.24) is 10.2 Å². The lowest BCUT2D eigenvalue weighted by Gasteiger charge is -2.34. The zero-order chi connectivity index (χ0) is 31.9. The van der Waals surface area contributed by atoms with Crippen molar-refractivity contribution in [1.29, 1.82) is 0 Å². The molecule has 0 aliphatic rings. The summed E-state index contributed by atoms with van der Waals surface area (Å²) in [7, 11) is -2.91. The molecule has 0 heterocycles. The molecule has 43 heavy (non-hydrogen) atoms. The number of rotatable bonds is 13. The average molecular weight is 669 g/mol. The monoisotopic (exact) mass is 667 g/mol. The first-order valence-corrected chi connectivity index (χ1v) is 16.4. The number of carbonyl (C=O) groups excluding carboxylic acids is 2. The molecule has 2 amide bonds. The van der Waals surface area contributed by atoms with E-state index in [1.807, 2.05) is 20.8 Å². The topological polar surface area (TPSA) is 96.0 Å². The predicted molar refractivity (Wildman–Crippen MR) is 173 cm³/mol. The van der Waals surface area contributed by atoms with Crippen LogP contribution in [0.1, 0.15) is 44.7 Å². The molecule has 3 aromatic carbocycles. The summed E-state index contributed by atoms with van der Waals surface area (Å²) in [5, 5.41) is 3.91. The molecule has 0 fully saturated rings. The lowest BCUT2D eigenvalue weighted by atomic mass is 10.1. The lowest BCUT2D eigenvalue weighted by molar-refractivity contribution is -0.140. The Bertz CT molecular complexity index is 1550. The van der Waals surface area contributed by atoms with Gasteiger partial charge in [-0.1, -0.05) is 72.4 Å². The standard InChI is InChI=1S/C31H36Cl3N3O5S/c1-6-21(4)35-31(39)27(7-2)36(18-22-10-11-23(32)16-26(22)34)30(38)19-37(28-17-24(33)12-15-29(28)42-5)43(40,41)25-13-8-20(3)9-14-25/h8-17,21,27H,6-7,18-19H2,1-5H3,(H,35,39)/t21-,27+/m0/s1. The number of nitrogens with zero attached hydrogens (tertiary/aromatic N) is 2. The molecular weight excluding hydrogens is 633 g/mol. The van der Waals surface area contributed by atoms with Gasteiger partial charge in [0, 0.05) is 27.7 Å². The molecule has 0 radical (unpaired) electrons. The number of sulfonamides is 1. The Labute approximate surface area is 268 Å². The van der Waals surface area contributed by atoms with Crippen LogP contribution in [-0.4, -0.2) is 50.9 Å². The fraction of sp³-hybridized carbons (Fsp3) is 0.355. The lowest BCUT2D eigenvalue weighted by Crippen LogP contribution is -2.53. The smallest absolute Gasteiger partial charge is 0.264 e. The van der Waals surface area contributed by atoms with E-state index in [9.17, 15) is 18.0 Å². The summed E-state index contributed by atoms with van der Waals surface area (Å²) in [5.41, 5.74) is 1.49. The molecule has 12 heteroatoms. The predicted octanol–water partition coefficient (Wildman–Crippen LogP) is 6.88. The summed E-state index contributed by atoms with van der Waals surface area (Å²) in [6.45, 7) is 6.72. The minimum absolute atomic E-state index is 0.0261. The van der Waals surface area contributed by atoms with Gasteiger partial charge in [-0.15, -0.1) is 0 Å². The SMILES string of the molecule is CC[C@H](C(=O)N[C@@H](C)CC)N(Cc1ccc(Cl)cc1Cl)C(=O)CN(c1cc(Cl)ccc1OC)S(=O)(=O)c1ccc(C)cc1. The number of halogens is 3. The zero-order valence-corrected chi connectivity index (χ0v) is 27.8. The van der Waals surface area contributed by atoms with Gasteiger partial charge in [-0.2, -0.15) is 0 Å². The van der Waals surface area contributed by atoms with Crippen LogP contribution in [0.4, 0.5) is 5.69 Å². The summed E-state index contributed by atoms with van der Waals surface area (Å²) in [5.74, 6) is -0.791. The number of benzene rings is 3. The number of amides is 2. The summed E-state index contributed by atoms with van der Waals surface area (Å²) < 4.78 is 34.7. The fourth-order valence-corrected chi connectivity index (χ4v) is 6.45. The largest absolute Gasteiger partial charge is 0.495 e. The highest BCUT2D eigenvalue weighted by atomic mass is 35.5. The van der Waals surface area contributed by atoms with Gasteiger partial charge in [0.05, 0.1) is 17.7 Å². The van der Waals surface area contributed by atoms with E-state index in [0.29, 0.717) is 22.0 Å². The molecule has 0 saturated heterocycles. The summed E-state index contributed by atoms with van der Waals surface area (Å²) in [4.78, 5) is 29.0. The Hall–Kier alpha value is -2.98. The molecule has 0 spiro atoms. The Morgan fingerprint density at radius 3 is 2.14 bits per heavy atom. The van der Waals surface area contributed by atoms with Crippen molar-refractivity contribution in [3.8, 4) is 5.75 Å². The molecule has 2 atom stereocenters. The molecule has 0 unspecified atom stereocenters. The van der Waals surface area contributed by atoms with Crippen LogP contribution in [0.2, 0.25) is 15.1 Å². The number of hydrogen-bond donors (Lipinski definition) is 1. The Morgan fingerprint density at radius 1 is 0.930 bits per heavy atom.